The van der Waals surface area contributed by atoms with E-state index in [0.717, 1.165) is 236 Å². The molecule has 5 fully saturated rings. The molecular weight excluding hydrogens is 1740 g/mol. The van der Waals surface area contributed by atoms with Crippen molar-refractivity contribution in [3.05, 3.63) is 231 Å². The number of halogens is 5. The highest BCUT2D eigenvalue weighted by Gasteiger charge is 2.39. The van der Waals surface area contributed by atoms with Gasteiger partial charge in [-0.2, -0.15) is 0 Å². The number of rotatable bonds is 14. The van der Waals surface area contributed by atoms with Gasteiger partial charge >= 0.3 is 0 Å². The first-order valence-corrected chi connectivity index (χ1v) is 45.6. The number of nitrogens with two attached hydrogens (primary N) is 5. The number of aryl methyl sites for hydroxylation is 5. The summed E-state index contributed by atoms with van der Waals surface area (Å²) in [5.74, 6) is 4.27. The number of aliphatic hydroxyl groups is 3. The van der Waals surface area contributed by atoms with Gasteiger partial charge in [0.2, 0.25) is 0 Å². The van der Waals surface area contributed by atoms with Gasteiger partial charge < -0.3 is 68.5 Å². The molecule has 10 aromatic rings. The molecule has 0 spiro atoms. The molecule has 129 heavy (non-hydrogen) atoms. The smallest absolute Gasteiger partial charge is 0.147 e. The molecule has 0 aliphatic carbocycles. The maximum Gasteiger partial charge on any atom is 0.147 e. The Morgan fingerprint density at radius 1 is 0.341 bits per heavy atom. The average Bonchev–Trinajstić information content (AvgIpc) is 1.67. The highest BCUT2D eigenvalue weighted by molar-refractivity contribution is 6.38. The second-order valence-corrected chi connectivity index (χ2v) is 36.9. The summed E-state index contributed by atoms with van der Waals surface area (Å²) in [5.41, 5.74) is 47.6. The number of hydrogen-bond donors (Lipinski definition) is 8. The summed E-state index contributed by atoms with van der Waals surface area (Å²) in [6.45, 7) is 25.7. The van der Waals surface area contributed by atoms with E-state index in [-0.39, 0.29) is 11.0 Å². The SMILES string of the molecule is CCC1(N)CCN(c2cnc3c(n2)CN=C3c2ccnc(C)c2Cl)CC1.Cc1cc(C2=NCc3nc(N4CCC(C)(CN)CC4)cnc32)c(Cl)cn1.Cc1cc(C2=NCc3nc(N4CCC(O)(CN)CC4)cnc32)c(Cl)cn1.Cc1nccc(C2=NCc3nc(N4CCC(N)(O)CC4)cnc32)c1Cl.Cc1nccc(C2=NCc3nc(N4CCC(O)(CN)CC4)cnc32)c1Cl. The quantitative estimate of drug-likeness (QED) is 0.0469. The van der Waals surface area contributed by atoms with Gasteiger partial charge in [0.15, 0.2) is 0 Å². The minimum atomic E-state index is -1.08. The fourth-order valence-electron chi connectivity index (χ4n) is 17.1. The molecule has 38 heteroatoms. The largest absolute Gasteiger partial charge is 0.388 e. The first kappa shape index (κ1) is 91.9. The predicted molar refractivity (Wildman–Crippen MR) is 506 cm³/mol. The molecule has 20 rings (SSSR count). The van der Waals surface area contributed by atoms with Crippen LogP contribution in [0.4, 0.5) is 29.1 Å². The molecule has 0 saturated carbocycles. The molecule has 5 saturated heterocycles. The maximum atomic E-state index is 10.3. The van der Waals surface area contributed by atoms with Crippen LogP contribution in [0.5, 0.6) is 0 Å². The van der Waals surface area contributed by atoms with E-state index in [2.05, 4.69) is 113 Å². The molecule has 33 nitrogen and oxygen atoms in total. The third kappa shape index (κ3) is 20.1. The number of aliphatic imine (C=N–C) groups is 5. The van der Waals surface area contributed by atoms with E-state index < -0.39 is 16.9 Å². The van der Waals surface area contributed by atoms with Crippen LogP contribution >= 0.6 is 58.0 Å². The van der Waals surface area contributed by atoms with E-state index in [1.54, 1.807) is 49.6 Å². The lowest BCUT2D eigenvalue weighted by atomic mass is 9.80. The molecule has 0 amide bonds. The van der Waals surface area contributed by atoms with Gasteiger partial charge in [0.1, 0.15) is 63.3 Å². The lowest BCUT2D eigenvalue weighted by Gasteiger charge is -2.39. The van der Waals surface area contributed by atoms with Crippen molar-refractivity contribution in [2.45, 2.75) is 174 Å². The molecule has 674 valence electrons. The minimum absolute atomic E-state index is 0.0348. The molecule has 10 aromatic heterocycles. The summed E-state index contributed by atoms with van der Waals surface area (Å²) in [7, 11) is 0. The Hall–Kier alpha value is -10.4. The van der Waals surface area contributed by atoms with E-state index in [4.69, 9.17) is 112 Å². The fourth-order valence-corrected chi connectivity index (χ4v) is 18.1. The van der Waals surface area contributed by atoms with Crippen LogP contribution in [-0.2, 0) is 32.7 Å². The van der Waals surface area contributed by atoms with Gasteiger partial charge in [0, 0.05) is 167 Å². The molecule has 10 aliphatic heterocycles. The van der Waals surface area contributed by atoms with Gasteiger partial charge in [0.25, 0.3) is 0 Å². The molecule has 13 N–H and O–H groups in total. The number of nitrogens with zero attached hydrogens (tertiary/aromatic N) is 25. The fraction of sp³-hybridized carbons (Fsp3) is 0.451. The molecular formula is C91H107Cl5N30O3. The highest BCUT2D eigenvalue weighted by atomic mass is 35.5. The zero-order chi connectivity index (χ0) is 90.8. The first-order valence-electron chi connectivity index (χ1n) is 43.7. The number of hydrogen-bond acceptors (Lipinski definition) is 33. The third-order valence-corrected chi connectivity index (χ3v) is 28.0. The summed E-state index contributed by atoms with van der Waals surface area (Å²) in [6.07, 6.45) is 26.2. The molecule has 0 aromatic carbocycles. The summed E-state index contributed by atoms with van der Waals surface area (Å²) in [5, 5.41) is 33.4. The average molecular weight is 1850 g/mol. The van der Waals surface area contributed by atoms with E-state index >= 15 is 0 Å². The number of anilines is 5. The lowest BCUT2D eigenvalue weighted by molar-refractivity contribution is 0.0223. The van der Waals surface area contributed by atoms with Crippen LogP contribution in [0.2, 0.25) is 25.1 Å². The Kier molecular flexibility index (Phi) is 27.5. The van der Waals surface area contributed by atoms with Crippen molar-refractivity contribution in [1.29, 1.82) is 0 Å². The molecule has 0 bridgehead atoms. The zero-order valence-electron chi connectivity index (χ0n) is 73.5. The standard InChI is InChI=1S/2C19H23ClN6.2C18H21ClN6O.C17H19ClN6O/c1-12-7-13(14(20)8-22-12)17-18-15(9-23-17)25-16(10-24-18)26-5-3-19(2,11-21)4-6-26;1-3-19(21)5-8-26(9-6-19)15-11-24-18-14(25-15)10-23-17(18)13-4-7-22-12(2)16(13)20;1-11-15(19)12(2-5-21-11)16-17-13(8-22-16)24-14(9-23-17)25-6-3-18(26,10-20)4-7-25;1-11-6-12(13(19)7-21-11)16-17-14(8-22-16)24-15(9-23-17)25-4-2-18(26,10-20)3-5-25;1-10-14(18)11(2-5-20-10)15-16-12(8-21-15)23-13(9-22-16)24-6-3-17(19,25)4-7-24/h7-8,10H,3-6,9,11,21H2,1-2H3;4,7,11H,3,5-6,8-10,21H2,1-2H3;2,5,9,26H,3-4,6-8,10,20H2,1H3;6-7,9,26H,2-5,8,10,20H2,1H3;2,5,9,25H,3-4,6-8,19H2,1H3. The van der Waals surface area contributed by atoms with Gasteiger partial charge in [0.05, 0.1) is 174 Å². The topological polar surface area (TPSA) is 462 Å². The molecule has 0 radical (unpaired) electrons. The van der Waals surface area contributed by atoms with Crippen molar-refractivity contribution >= 4 is 116 Å². The maximum absolute atomic E-state index is 10.3. The van der Waals surface area contributed by atoms with E-state index in [1.807, 2.05) is 77.3 Å². The van der Waals surface area contributed by atoms with Crippen LogP contribution in [0.1, 0.15) is 198 Å². The first-order chi connectivity index (χ1) is 61.9. The number of aromatic nitrogens is 15. The Labute approximate surface area is 774 Å². The normalized spacial score (nSPS) is 18.7. The van der Waals surface area contributed by atoms with Crippen molar-refractivity contribution < 1.29 is 15.3 Å². The van der Waals surface area contributed by atoms with Gasteiger partial charge in [-0.05, 0) is 135 Å². The number of pyridine rings is 5. The van der Waals surface area contributed by atoms with Crippen molar-refractivity contribution in [2.24, 2.45) is 59.0 Å². The van der Waals surface area contributed by atoms with E-state index in [9.17, 15) is 15.3 Å². The summed E-state index contributed by atoms with van der Waals surface area (Å²) in [6, 6.07) is 9.46. The van der Waals surface area contributed by atoms with Gasteiger partial charge in [-0.15, -0.1) is 0 Å². The second-order valence-electron chi connectivity index (χ2n) is 35.0. The monoisotopic (exact) mass is 1840 g/mol. The Morgan fingerprint density at radius 2 is 0.605 bits per heavy atom. The number of fused-ring (bicyclic) bond motifs is 5. The third-order valence-electron chi connectivity index (χ3n) is 26.0. The molecule has 20 heterocycles. The van der Waals surface area contributed by atoms with Gasteiger partial charge in [-0.1, -0.05) is 71.9 Å². The summed E-state index contributed by atoms with van der Waals surface area (Å²) < 4.78 is 0. The summed E-state index contributed by atoms with van der Waals surface area (Å²) >= 11 is 31.8. The van der Waals surface area contributed by atoms with Gasteiger partial charge in [-0.3, -0.25) is 49.9 Å². The zero-order valence-corrected chi connectivity index (χ0v) is 77.2. The Morgan fingerprint density at radius 3 is 0.876 bits per heavy atom. The minimum Gasteiger partial charge on any atom is -0.388 e. The van der Waals surface area contributed by atoms with E-state index in [0.29, 0.717) is 149 Å². The van der Waals surface area contributed by atoms with Crippen LogP contribution in [0.25, 0.3) is 0 Å². The highest BCUT2D eigenvalue weighted by Crippen LogP contribution is 2.38. The summed E-state index contributed by atoms with van der Waals surface area (Å²) in [4.78, 5) is 102. The van der Waals surface area contributed by atoms with E-state index in [1.165, 1.54) is 0 Å². The van der Waals surface area contributed by atoms with Crippen LogP contribution in [0.15, 0.2) is 117 Å². The van der Waals surface area contributed by atoms with Crippen molar-refractivity contribution in [3.63, 3.8) is 0 Å². The van der Waals surface area contributed by atoms with Crippen LogP contribution in [-0.4, -0.2) is 226 Å². The van der Waals surface area contributed by atoms with Crippen molar-refractivity contribution in [3.8, 4) is 0 Å². The Balaban J connectivity index is 0.000000118. The molecule has 0 unspecified atom stereocenters. The van der Waals surface area contributed by atoms with Crippen molar-refractivity contribution in [1.82, 2.24) is 74.8 Å². The van der Waals surface area contributed by atoms with Crippen LogP contribution in [0.3, 0.4) is 0 Å². The number of piperidine rings is 5. The Bertz CT molecular complexity index is 5550. The predicted octanol–water partition coefficient (Wildman–Crippen LogP) is 10.0. The molecule has 0 atom stereocenters. The van der Waals surface area contributed by atoms with Crippen molar-refractivity contribution in [2.75, 3.05) is 110 Å². The second kappa shape index (κ2) is 38.6. The van der Waals surface area contributed by atoms with Crippen LogP contribution in [0, 0.1) is 40.0 Å². The van der Waals surface area contributed by atoms with Crippen LogP contribution < -0.4 is 53.2 Å². The lowest BCUT2D eigenvalue weighted by Crippen LogP contribution is -2.50. The molecule has 10 aliphatic rings. The van der Waals surface area contributed by atoms with Gasteiger partial charge in [-0.25, -0.2) is 49.8 Å².